The molecule has 1 aliphatic rings. The summed E-state index contributed by atoms with van der Waals surface area (Å²) in [4.78, 5) is 12.0. The Bertz CT molecular complexity index is 390. The topological polar surface area (TPSA) is 55.8 Å². The molecule has 2 heterocycles. The maximum atomic E-state index is 10.9. The van der Waals surface area contributed by atoms with E-state index in [9.17, 15) is 4.79 Å². The molecule has 0 saturated carbocycles. The smallest absolute Gasteiger partial charge is 0.346 e. The number of aryl methyl sites for hydroxylation is 1. The molecule has 0 aliphatic carbocycles. The number of thiophene rings is 1. The predicted octanol–water partition coefficient (Wildman–Crippen LogP) is 1.97. The zero-order valence-electron chi connectivity index (χ0n) is 8.57. The molecule has 1 N–H and O–H groups in total. The first kappa shape index (κ1) is 10.6. The lowest BCUT2D eigenvalue weighted by Crippen LogP contribution is -2.20. The van der Waals surface area contributed by atoms with E-state index in [-0.39, 0.29) is 0 Å². The minimum atomic E-state index is -0.898. The van der Waals surface area contributed by atoms with E-state index in [1.807, 2.05) is 13.0 Å². The summed E-state index contributed by atoms with van der Waals surface area (Å²) in [5.74, 6) is -1.66. The fraction of sp³-hybridized carbons (Fsp3) is 0.500. The number of hydrogen-bond acceptors (Lipinski definition) is 4. The van der Waals surface area contributed by atoms with Crippen LogP contribution in [0, 0.1) is 6.92 Å². The quantitative estimate of drug-likeness (QED) is 0.840. The Morgan fingerprint density at radius 2 is 2.13 bits per heavy atom. The maximum Gasteiger partial charge on any atom is 0.346 e. The Kier molecular flexibility index (Phi) is 2.54. The third-order valence-electron chi connectivity index (χ3n) is 2.40. The van der Waals surface area contributed by atoms with Crippen molar-refractivity contribution < 1.29 is 19.4 Å². The van der Waals surface area contributed by atoms with Crippen LogP contribution < -0.4 is 0 Å². The highest BCUT2D eigenvalue weighted by Gasteiger charge is 2.35. The third-order valence-corrected chi connectivity index (χ3v) is 3.81. The molecule has 0 radical (unpaired) electrons. The Hall–Kier alpha value is -0.910. The van der Waals surface area contributed by atoms with Crippen molar-refractivity contribution in [1.82, 2.24) is 0 Å². The van der Waals surface area contributed by atoms with Gasteiger partial charge in [0.1, 0.15) is 4.88 Å². The SMILES string of the molecule is Cc1cc(C2(C)OCCO2)sc1C(=O)O. The molecule has 1 saturated heterocycles. The molecule has 1 aromatic heterocycles. The highest BCUT2D eigenvalue weighted by atomic mass is 32.1. The van der Waals surface area contributed by atoms with Gasteiger partial charge in [0.05, 0.1) is 18.1 Å². The van der Waals surface area contributed by atoms with Gasteiger partial charge in [-0.2, -0.15) is 0 Å². The normalized spacial score (nSPS) is 19.3. The Balaban J connectivity index is 2.37. The molecule has 0 atom stereocenters. The van der Waals surface area contributed by atoms with Crippen LogP contribution >= 0.6 is 11.3 Å². The van der Waals surface area contributed by atoms with E-state index in [0.717, 1.165) is 10.4 Å². The van der Waals surface area contributed by atoms with Crippen LogP contribution in [0.15, 0.2) is 6.07 Å². The van der Waals surface area contributed by atoms with Crippen LogP contribution in [-0.2, 0) is 15.3 Å². The van der Waals surface area contributed by atoms with Crippen molar-refractivity contribution in [2.24, 2.45) is 0 Å². The van der Waals surface area contributed by atoms with Crippen LogP contribution in [0.2, 0.25) is 0 Å². The van der Waals surface area contributed by atoms with Crippen molar-refractivity contribution in [1.29, 1.82) is 0 Å². The van der Waals surface area contributed by atoms with Crippen molar-refractivity contribution in [3.63, 3.8) is 0 Å². The molecule has 1 aromatic rings. The Labute approximate surface area is 91.4 Å². The van der Waals surface area contributed by atoms with Crippen LogP contribution in [0.1, 0.15) is 27.0 Å². The lowest BCUT2D eigenvalue weighted by Gasteiger charge is -2.20. The molecular weight excluding hydrogens is 216 g/mol. The predicted molar refractivity (Wildman–Crippen MR) is 55.3 cm³/mol. The molecule has 0 aromatic carbocycles. The van der Waals surface area contributed by atoms with Crippen molar-refractivity contribution >= 4 is 17.3 Å². The number of carboxylic acid groups (broad SMARTS) is 1. The van der Waals surface area contributed by atoms with E-state index < -0.39 is 11.8 Å². The standard InChI is InChI=1S/C10H12O4S/c1-6-5-7(15-8(6)9(11)12)10(2)13-3-4-14-10/h5H,3-4H2,1-2H3,(H,11,12). The van der Waals surface area contributed by atoms with Gasteiger partial charge >= 0.3 is 5.97 Å². The van der Waals surface area contributed by atoms with Gasteiger partial charge in [0.2, 0.25) is 5.79 Å². The second-order valence-electron chi connectivity index (χ2n) is 3.57. The van der Waals surface area contributed by atoms with Gasteiger partial charge in [-0.3, -0.25) is 0 Å². The summed E-state index contributed by atoms with van der Waals surface area (Å²) in [5, 5.41) is 8.93. The van der Waals surface area contributed by atoms with Crippen molar-refractivity contribution in [2.45, 2.75) is 19.6 Å². The first-order valence-corrected chi connectivity index (χ1v) is 5.47. The van der Waals surface area contributed by atoms with E-state index in [2.05, 4.69) is 0 Å². The zero-order chi connectivity index (χ0) is 11.1. The van der Waals surface area contributed by atoms with Crippen LogP contribution in [0.3, 0.4) is 0 Å². The second-order valence-corrected chi connectivity index (χ2v) is 4.62. The van der Waals surface area contributed by atoms with E-state index in [1.54, 1.807) is 6.92 Å². The number of ether oxygens (including phenoxy) is 2. The van der Waals surface area contributed by atoms with E-state index >= 15 is 0 Å². The van der Waals surface area contributed by atoms with Gasteiger partial charge in [0.15, 0.2) is 0 Å². The van der Waals surface area contributed by atoms with Gasteiger partial charge in [-0.05, 0) is 25.5 Å². The molecule has 2 rings (SSSR count). The van der Waals surface area contributed by atoms with Gasteiger partial charge in [0.25, 0.3) is 0 Å². The highest BCUT2D eigenvalue weighted by molar-refractivity contribution is 7.14. The van der Waals surface area contributed by atoms with E-state index in [1.165, 1.54) is 11.3 Å². The molecule has 82 valence electrons. The van der Waals surface area contributed by atoms with Crippen molar-refractivity contribution in [3.05, 3.63) is 21.4 Å². The van der Waals surface area contributed by atoms with Gasteiger partial charge in [0, 0.05) is 0 Å². The third kappa shape index (κ3) is 1.78. The molecule has 0 bridgehead atoms. The van der Waals surface area contributed by atoms with E-state index in [4.69, 9.17) is 14.6 Å². The maximum absolute atomic E-state index is 10.9. The highest BCUT2D eigenvalue weighted by Crippen LogP contribution is 2.37. The minimum Gasteiger partial charge on any atom is -0.477 e. The van der Waals surface area contributed by atoms with E-state index in [0.29, 0.717) is 18.1 Å². The summed E-state index contributed by atoms with van der Waals surface area (Å²) in [6.45, 7) is 4.70. The van der Waals surface area contributed by atoms with Crippen LogP contribution in [0.25, 0.3) is 0 Å². The lowest BCUT2D eigenvalue weighted by atomic mass is 10.2. The largest absolute Gasteiger partial charge is 0.477 e. The molecule has 15 heavy (non-hydrogen) atoms. The average molecular weight is 228 g/mol. The summed E-state index contributed by atoms with van der Waals surface area (Å²) >= 11 is 1.21. The molecule has 0 amide bonds. The lowest BCUT2D eigenvalue weighted by molar-refractivity contribution is -0.146. The second kappa shape index (κ2) is 3.59. The zero-order valence-corrected chi connectivity index (χ0v) is 9.39. The number of hydrogen-bond donors (Lipinski definition) is 1. The Morgan fingerprint density at radius 1 is 1.53 bits per heavy atom. The summed E-state index contributed by atoms with van der Waals surface area (Å²) in [6, 6.07) is 1.82. The fourth-order valence-electron chi connectivity index (χ4n) is 1.57. The number of aromatic carboxylic acids is 1. The first-order valence-electron chi connectivity index (χ1n) is 4.65. The number of carbonyl (C=O) groups is 1. The summed E-state index contributed by atoms with van der Waals surface area (Å²) in [6.07, 6.45) is 0. The Morgan fingerprint density at radius 3 is 2.60 bits per heavy atom. The fourth-order valence-corrected chi connectivity index (χ4v) is 2.64. The van der Waals surface area contributed by atoms with Crippen LogP contribution in [-0.4, -0.2) is 24.3 Å². The van der Waals surface area contributed by atoms with Gasteiger partial charge in [-0.25, -0.2) is 4.79 Å². The van der Waals surface area contributed by atoms with Crippen molar-refractivity contribution in [3.8, 4) is 0 Å². The monoisotopic (exact) mass is 228 g/mol. The molecule has 0 unspecified atom stereocenters. The van der Waals surface area contributed by atoms with Crippen LogP contribution in [0.4, 0.5) is 0 Å². The van der Waals surface area contributed by atoms with Crippen LogP contribution in [0.5, 0.6) is 0 Å². The van der Waals surface area contributed by atoms with Gasteiger partial charge in [-0.15, -0.1) is 11.3 Å². The molecule has 5 heteroatoms. The molecule has 0 spiro atoms. The summed E-state index contributed by atoms with van der Waals surface area (Å²) in [5.41, 5.74) is 0.753. The average Bonchev–Trinajstić information content (AvgIpc) is 2.72. The minimum absolute atomic E-state index is 0.352. The number of rotatable bonds is 2. The molecule has 4 nitrogen and oxygen atoms in total. The van der Waals surface area contributed by atoms with Crippen molar-refractivity contribution in [2.75, 3.05) is 13.2 Å². The molecular formula is C10H12O4S. The summed E-state index contributed by atoms with van der Waals surface area (Å²) < 4.78 is 10.9. The van der Waals surface area contributed by atoms with Gasteiger partial charge in [-0.1, -0.05) is 0 Å². The number of carboxylic acids is 1. The summed E-state index contributed by atoms with van der Waals surface area (Å²) in [7, 11) is 0. The molecule has 1 aliphatic heterocycles. The molecule has 1 fully saturated rings. The first-order chi connectivity index (χ1) is 7.03. The van der Waals surface area contributed by atoms with Gasteiger partial charge < -0.3 is 14.6 Å².